The minimum atomic E-state index is -1.59. The maximum absolute atomic E-state index is 6.29. The van der Waals surface area contributed by atoms with Crippen LogP contribution >= 0.6 is 39.0 Å². The summed E-state index contributed by atoms with van der Waals surface area (Å²) in [5.41, 5.74) is 1.40. The lowest BCUT2D eigenvalue weighted by atomic mass is 10.2. The van der Waals surface area contributed by atoms with Gasteiger partial charge in [0.05, 0.1) is 9.43 Å². The molecule has 0 aliphatic heterocycles. The van der Waals surface area contributed by atoms with Crippen molar-refractivity contribution in [1.82, 2.24) is 0 Å². The first-order valence-electron chi connectivity index (χ1n) is 7.41. The number of hydrogen-bond acceptors (Lipinski definition) is 4. The monoisotopic (exact) mass is 378 g/mol. The summed E-state index contributed by atoms with van der Waals surface area (Å²) in [4.78, 5) is 0.438. The average molecular weight is 379 g/mol. The van der Waals surface area contributed by atoms with Crippen LogP contribution in [0.1, 0.15) is 52.1 Å². The van der Waals surface area contributed by atoms with E-state index in [4.69, 9.17) is 11.8 Å². The van der Waals surface area contributed by atoms with Gasteiger partial charge in [-0.25, -0.2) is 0 Å². The first kappa shape index (κ1) is 20.0. The van der Waals surface area contributed by atoms with E-state index in [1.54, 1.807) is 0 Å². The summed E-state index contributed by atoms with van der Waals surface area (Å²) in [6, 6.07) is 10.9. The minimum Gasteiger partial charge on any atom is -0.144 e. The second-order valence-corrected chi connectivity index (χ2v) is 20.3. The largest absolute Gasteiger partial charge is 0.144 e. The van der Waals surface area contributed by atoms with Crippen molar-refractivity contribution in [2.24, 2.45) is 0 Å². The summed E-state index contributed by atoms with van der Waals surface area (Å²) in [6.45, 7) is 13.6. The first-order chi connectivity index (χ1) is 9.74. The number of hydrogen-bond donors (Lipinski definition) is 0. The van der Waals surface area contributed by atoms with Gasteiger partial charge in [-0.15, -0.1) is 34.5 Å². The van der Waals surface area contributed by atoms with E-state index >= 15 is 0 Å². The quantitative estimate of drug-likeness (QED) is 0.431. The summed E-state index contributed by atoms with van der Waals surface area (Å²) in [5, 5.41) is 1.76. The molecule has 0 nitrogen and oxygen atoms in total. The van der Waals surface area contributed by atoms with Crippen molar-refractivity contribution < 1.29 is 0 Å². The first-order valence-corrected chi connectivity index (χ1v) is 14.2. The molecule has 0 saturated carbocycles. The Balaban J connectivity index is 3.20. The van der Waals surface area contributed by atoms with Gasteiger partial charge >= 0.3 is 0 Å². The number of benzene rings is 1. The van der Waals surface area contributed by atoms with Crippen molar-refractivity contribution >= 4 is 50.8 Å². The molecule has 1 atom stereocenters. The SMILES string of the molecule is CC(C)SC(c1ccccc1)P(=S)(SC(C)C)SC(C)C. The zero-order chi connectivity index (χ0) is 16.0. The molecule has 0 fully saturated rings. The lowest BCUT2D eigenvalue weighted by molar-refractivity contribution is 1.10. The predicted octanol–water partition coefficient (Wildman–Crippen LogP) is 7.42. The summed E-state index contributed by atoms with van der Waals surface area (Å²) in [6.07, 6.45) is 0. The lowest BCUT2D eigenvalue weighted by Gasteiger charge is -2.33. The van der Waals surface area contributed by atoms with Crippen LogP contribution in [0.4, 0.5) is 0 Å². The van der Waals surface area contributed by atoms with Gasteiger partial charge in [-0.3, -0.25) is 0 Å². The third kappa shape index (κ3) is 6.91. The van der Waals surface area contributed by atoms with E-state index in [9.17, 15) is 0 Å². The highest BCUT2D eigenvalue weighted by Crippen LogP contribution is 2.82. The van der Waals surface area contributed by atoms with Crippen LogP contribution in [0.2, 0.25) is 0 Å². The van der Waals surface area contributed by atoms with Crippen molar-refractivity contribution in [1.29, 1.82) is 0 Å². The Bertz CT molecular complexity index is 443. The molecule has 0 aliphatic carbocycles. The molecule has 0 aliphatic rings. The van der Waals surface area contributed by atoms with Gasteiger partial charge in [-0.1, -0.05) is 83.7 Å². The summed E-state index contributed by atoms with van der Waals surface area (Å²) >= 11 is 12.4. The molecule has 1 aromatic rings. The van der Waals surface area contributed by atoms with Crippen LogP contribution in [0.15, 0.2) is 30.3 Å². The van der Waals surface area contributed by atoms with E-state index in [2.05, 4.69) is 71.9 Å². The van der Waals surface area contributed by atoms with Gasteiger partial charge in [0.25, 0.3) is 0 Å². The fourth-order valence-corrected chi connectivity index (χ4v) is 20.4. The molecular weight excluding hydrogens is 351 g/mol. The van der Waals surface area contributed by atoms with Gasteiger partial charge in [-0.2, -0.15) is 0 Å². The molecule has 1 rings (SSSR count). The lowest BCUT2D eigenvalue weighted by Crippen LogP contribution is -2.01. The fourth-order valence-electron chi connectivity index (χ4n) is 1.93. The van der Waals surface area contributed by atoms with Crippen LogP contribution in [0.5, 0.6) is 0 Å². The second-order valence-electron chi connectivity index (χ2n) is 5.80. The molecule has 0 bridgehead atoms. The molecule has 0 aromatic heterocycles. The molecule has 0 heterocycles. The Labute approximate surface area is 148 Å². The maximum atomic E-state index is 6.29. The van der Waals surface area contributed by atoms with Gasteiger partial charge in [0.1, 0.15) is 0 Å². The van der Waals surface area contributed by atoms with Crippen molar-refractivity contribution in [2.75, 3.05) is 0 Å². The topological polar surface area (TPSA) is 0 Å². The van der Waals surface area contributed by atoms with Crippen molar-refractivity contribution in [3.63, 3.8) is 0 Å². The van der Waals surface area contributed by atoms with Crippen LogP contribution in [-0.2, 0) is 11.8 Å². The van der Waals surface area contributed by atoms with Gasteiger partial charge in [0, 0.05) is 15.7 Å². The van der Waals surface area contributed by atoms with E-state index < -0.39 is 4.44 Å². The molecule has 0 saturated heterocycles. The average Bonchev–Trinajstić information content (AvgIpc) is 2.34. The zero-order valence-electron chi connectivity index (χ0n) is 13.8. The van der Waals surface area contributed by atoms with Crippen molar-refractivity contribution in [3.8, 4) is 0 Å². The normalized spacial score (nSPS) is 14.1. The highest BCUT2D eigenvalue weighted by molar-refractivity contribution is 9.01. The van der Waals surface area contributed by atoms with E-state index in [0.29, 0.717) is 20.7 Å². The minimum absolute atomic E-state index is 0.438. The van der Waals surface area contributed by atoms with E-state index in [-0.39, 0.29) is 0 Å². The van der Waals surface area contributed by atoms with Crippen LogP contribution in [0.3, 0.4) is 0 Å². The van der Waals surface area contributed by atoms with E-state index in [0.717, 1.165) is 0 Å². The molecule has 0 spiro atoms. The Hall–Kier alpha value is 0.920. The molecular formula is C16H27PS4. The van der Waals surface area contributed by atoms with Crippen LogP contribution in [0.25, 0.3) is 0 Å². The van der Waals surface area contributed by atoms with E-state index in [1.807, 2.05) is 34.5 Å². The fraction of sp³-hybridized carbons (Fsp3) is 0.625. The molecule has 0 N–H and O–H groups in total. The molecule has 0 amide bonds. The predicted molar refractivity (Wildman–Crippen MR) is 112 cm³/mol. The molecule has 120 valence electrons. The molecule has 1 aromatic carbocycles. The Morgan fingerprint density at radius 3 is 1.67 bits per heavy atom. The highest BCUT2D eigenvalue weighted by Gasteiger charge is 2.34. The standard InChI is InChI=1S/C16H27PS4/c1-12(2)19-16(15-10-8-7-9-11-15)17(18,20-13(3)4)21-14(5)6/h7-14,16H,1-6H3. The molecule has 5 heteroatoms. The third-order valence-corrected chi connectivity index (χ3v) is 17.7. The Kier molecular flexibility index (Phi) is 8.82. The number of rotatable bonds is 8. The van der Waals surface area contributed by atoms with Gasteiger partial charge < -0.3 is 0 Å². The van der Waals surface area contributed by atoms with Crippen LogP contribution in [0, 0.1) is 0 Å². The molecule has 21 heavy (non-hydrogen) atoms. The van der Waals surface area contributed by atoms with Gasteiger partial charge in [0.2, 0.25) is 0 Å². The zero-order valence-corrected chi connectivity index (χ0v) is 17.9. The van der Waals surface area contributed by atoms with Crippen molar-refractivity contribution in [3.05, 3.63) is 35.9 Å². The second kappa shape index (κ2) is 9.27. The van der Waals surface area contributed by atoms with Crippen LogP contribution < -0.4 is 0 Å². The van der Waals surface area contributed by atoms with E-state index in [1.165, 1.54) is 5.56 Å². The third-order valence-electron chi connectivity index (χ3n) is 2.49. The maximum Gasteiger partial charge on any atom is 0.0762 e. The highest BCUT2D eigenvalue weighted by atomic mass is 33.2. The smallest absolute Gasteiger partial charge is 0.0762 e. The summed E-state index contributed by atoms with van der Waals surface area (Å²) in [7, 11) is 0. The summed E-state index contributed by atoms with van der Waals surface area (Å²) in [5.74, 6) is 0. The molecule has 1 unspecified atom stereocenters. The summed E-state index contributed by atoms with van der Waals surface area (Å²) < 4.78 is -1.59. The number of thioether (sulfide) groups is 1. The Morgan fingerprint density at radius 2 is 1.29 bits per heavy atom. The van der Waals surface area contributed by atoms with Crippen LogP contribution in [-0.4, -0.2) is 15.7 Å². The van der Waals surface area contributed by atoms with Gasteiger partial charge in [0.15, 0.2) is 0 Å². The molecule has 0 radical (unpaired) electrons. The Morgan fingerprint density at radius 1 is 0.810 bits per heavy atom. The van der Waals surface area contributed by atoms with Gasteiger partial charge in [-0.05, 0) is 5.56 Å². The van der Waals surface area contributed by atoms with Crippen molar-refractivity contribution in [2.45, 2.75) is 62.3 Å².